The normalized spacial score (nSPS) is 10.6. The van der Waals surface area contributed by atoms with Gasteiger partial charge in [0.2, 0.25) is 11.8 Å². The molecule has 1 N–H and O–H groups in total. The van der Waals surface area contributed by atoms with E-state index < -0.39 is 0 Å². The third-order valence-electron chi connectivity index (χ3n) is 3.10. The molecule has 0 spiro atoms. The van der Waals surface area contributed by atoms with E-state index >= 15 is 0 Å². The monoisotopic (exact) mass is 404 g/mol. The number of halogens is 1. The molecule has 0 aliphatic rings. The molecule has 1 amide bonds. The predicted octanol–water partition coefficient (Wildman–Crippen LogP) is 3.93. The lowest BCUT2D eigenvalue weighted by Gasteiger charge is -2.06. The van der Waals surface area contributed by atoms with Crippen LogP contribution < -0.4 is 5.32 Å². The van der Waals surface area contributed by atoms with Crippen molar-refractivity contribution in [2.24, 2.45) is 0 Å². The van der Waals surface area contributed by atoms with Crippen molar-refractivity contribution >= 4 is 39.3 Å². The first-order chi connectivity index (χ1) is 11.6. The van der Waals surface area contributed by atoms with Crippen molar-refractivity contribution in [3.05, 3.63) is 52.8 Å². The van der Waals surface area contributed by atoms with Gasteiger partial charge in [0.05, 0.1) is 11.3 Å². The van der Waals surface area contributed by atoms with Crippen LogP contribution in [0.2, 0.25) is 0 Å². The van der Waals surface area contributed by atoms with Gasteiger partial charge < -0.3 is 9.73 Å². The van der Waals surface area contributed by atoms with Crippen molar-refractivity contribution in [1.29, 1.82) is 0 Å². The van der Waals surface area contributed by atoms with Crippen LogP contribution in [-0.2, 0) is 4.79 Å². The Labute approximate surface area is 151 Å². The number of hydrogen-bond acceptors (Lipinski definition) is 6. The van der Waals surface area contributed by atoms with Crippen LogP contribution in [0, 0.1) is 6.92 Å². The van der Waals surface area contributed by atoms with Crippen LogP contribution in [0.25, 0.3) is 11.5 Å². The minimum Gasteiger partial charge on any atom is -0.411 e. The first-order valence-corrected chi connectivity index (χ1v) is 8.82. The number of thioether (sulfide) groups is 1. The summed E-state index contributed by atoms with van der Waals surface area (Å²) in [5.74, 6) is 0.422. The molecule has 0 saturated heterocycles. The molecule has 2 aromatic heterocycles. The Morgan fingerprint density at radius 3 is 2.96 bits per heavy atom. The molecule has 0 atom stereocenters. The van der Waals surface area contributed by atoms with Gasteiger partial charge in [0.25, 0.3) is 5.22 Å². The fourth-order valence-electron chi connectivity index (χ4n) is 1.87. The highest BCUT2D eigenvalue weighted by molar-refractivity contribution is 9.10. The number of carbonyl (C=O) groups excluding carboxylic acids is 1. The summed E-state index contributed by atoms with van der Waals surface area (Å²) in [5, 5.41) is 11.1. The zero-order valence-corrected chi connectivity index (χ0v) is 15.1. The van der Waals surface area contributed by atoms with E-state index in [1.807, 2.05) is 31.2 Å². The van der Waals surface area contributed by atoms with Crippen molar-refractivity contribution < 1.29 is 9.21 Å². The molecule has 1 aromatic carbocycles. The Kier molecular flexibility index (Phi) is 5.27. The van der Waals surface area contributed by atoms with Crippen LogP contribution in [0.3, 0.4) is 0 Å². The minimum atomic E-state index is -0.142. The van der Waals surface area contributed by atoms with Gasteiger partial charge in [-0.3, -0.25) is 9.78 Å². The topological polar surface area (TPSA) is 80.9 Å². The van der Waals surface area contributed by atoms with Gasteiger partial charge in [0.15, 0.2) is 0 Å². The van der Waals surface area contributed by atoms with Gasteiger partial charge in [-0.25, -0.2) is 0 Å². The van der Waals surface area contributed by atoms with Crippen molar-refractivity contribution in [2.75, 3.05) is 11.1 Å². The van der Waals surface area contributed by atoms with E-state index in [0.29, 0.717) is 11.1 Å². The van der Waals surface area contributed by atoms with Gasteiger partial charge in [0, 0.05) is 22.6 Å². The van der Waals surface area contributed by atoms with E-state index in [-0.39, 0.29) is 11.7 Å². The summed E-state index contributed by atoms with van der Waals surface area (Å²) >= 11 is 4.63. The lowest BCUT2D eigenvalue weighted by atomic mass is 10.2. The summed E-state index contributed by atoms with van der Waals surface area (Å²) in [5.41, 5.74) is 2.58. The number of pyridine rings is 1. The van der Waals surface area contributed by atoms with E-state index in [9.17, 15) is 4.79 Å². The second-order valence-corrected chi connectivity index (χ2v) is 6.70. The van der Waals surface area contributed by atoms with E-state index in [4.69, 9.17) is 4.42 Å². The molecular weight excluding hydrogens is 392 g/mol. The van der Waals surface area contributed by atoms with E-state index in [0.717, 1.165) is 21.3 Å². The summed E-state index contributed by atoms with van der Waals surface area (Å²) in [6.07, 6.45) is 3.31. The number of rotatable bonds is 5. The highest BCUT2D eigenvalue weighted by Crippen LogP contribution is 2.23. The molecule has 8 heteroatoms. The third kappa shape index (κ3) is 4.21. The number of nitrogens with zero attached hydrogens (tertiary/aromatic N) is 3. The summed E-state index contributed by atoms with van der Waals surface area (Å²) in [7, 11) is 0. The maximum absolute atomic E-state index is 12.0. The Balaban J connectivity index is 1.56. The number of anilines is 1. The molecule has 3 rings (SSSR count). The third-order valence-corrected chi connectivity index (χ3v) is 4.77. The first-order valence-electron chi connectivity index (χ1n) is 7.04. The molecule has 2 heterocycles. The van der Waals surface area contributed by atoms with Crippen LogP contribution in [0.4, 0.5) is 5.69 Å². The number of benzene rings is 1. The van der Waals surface area contributed by atoms with Crippen LogP contribution in [0.1, 0.15) is 5.56 Å². The molecule has 122 valence electrons. The van der Waals surface area contributed by atoms with Crippen LogP contribution >= 0.6 is 27.7 Å². The number of aryl methyl sites for hydroxylation is 1. The number of nitrogens with one attached hydrogen (secondary N) is 1. The summed E-state index contributed by atoms with van der Waals surface area (Å²) in [4.78, 5) is 16.0. The molecule has 0 aliphatic heterocycles. The highest BCUT2D eigenvalue weighted by Gasteiger charge is 2.11. The molecule has 3 aromatic rings. The van der Waals surface area contributed by atoms with Gasteiger partial charge >= 0.3 is 0 Å². The van der Waals surface area contributed by atoms with Gasteiger partial charge in [-0.2, -0.15) is 0 Å². The molecule has 6 nitrogen and oxygen atoms in total. The van der Waals surface area contributed by atoms with Crippen LogP contribution in [-0.4, -0.2) is 26.8 Å². The summed E-state index contributed by atoms with van der Waals surface area (Å²) in [6, 6.07) is 9.28. The summed E-state index contributed by atoms with van der Waals surface area (Å²) < 4.78 is 6.47. The average Bonchev–Trinajstić information content (AvgIpc) is 3.06. The lowest BCUT2D eigenvalue weighted by molar-refractivity contribution is -0.113. The lowest BCUT2D eigenvalue weighted by Crippen LogP contribution is -2.14. The smallest absolute Gasteiger partial charge is 0.277 e. The molecule has 0 unspecified atom stereocenters. The van der Waals surface area contributed by atoms with Crippen LogP contribution in [0.15, 0.2) is 56.8 Å². The van der Waals surface area contributed by atoms with Crippen LogP contribution in [0.5, 0.6) is 0 Å². The zero-order valence-electron chi connectivity index (χ0n) is 12.7. The SMILES string of the molecule is Cc1ccc(NC(=O)CSc2nnc(-c3cccnc3)o2)cc1Br. The second-order valence-electron chi connectivity index (χ2n) is 4.92. The molecule has 0 aliphatic carbocycles. The molecule has 0 saturated carbocycles. The fraction of sp³-hybridized carbons (Fsp3) is 0.125. The molecule has 0 radical (unpaired) electrons. The molecule has 24 heavy (non-hydrogen) atoms. The maximum atomic E-state index is 12.0. The Morgan fingerprint density at radius 2 is 2.21 bits per heavy atom. The maximum Gasteiger partial charge on any atom is 0.277 e. The quantitative estimate of drug-likeness (QED) is 0.648. The van der Waals surface area contributed by atoms with Gasteiger partial charge in [-0.1, -0.05) is 33.8 Å². The molecule has 0 fully saturated rings. The second kappa shape index (κ2) is 7.59. The van der Waals surface area contributed by atoms with Crippen molar-refractivity contribution in [3.63, 3.8) is 0 Å². The largest absolute Gasteiger partial charge is 0.411 e. The first kappa shape index (κ1) is 16.7. The zero-order chi connectivity index (χ0) is 16.9. The molecular formula is C16H13BrN4O2S. The van der Waals surface area contributed by atoms with E-state index in [1.165, 1.54) is 11.8 Å². The number of carbonyl (C=O) groups is 1. The number of amides is 1. The number of hydrogen-bond donors (Lipinski definition) is 1. The van der Waals surface area contributed by atoms with Crippen molar-refractivity contribution in [2.45, 2.75) is 12.1 Å². The Morgan fingerprint density at radius 1 is 1.33 bits per heavy atom. The van der Waals surface area contributed by atoms with Gasteiger partial charge in [0.1, 0.15) is 0 Å². The summed E-state index contributed by atoms with van der Waals surface area (Å²) in [6.45, 7) is 1.99. The predicted molar refractivity (Wildman–Crippen MR) is 95.8 cm³/mol. The van der Waals surface area contributed by atoms with Crippen molar-refractivity contribution in [3.8, 4) is 11.5 Å². The van der Waals surface area contributed by atoms with E-state index in [2.05, 4.69) is 36.4 Å². The van der Waals surface area contributed by atoms with Crippen molar-refractivity contribution in [1.82, 2.24) is 15.2 Å². The fourth-order valence-corrected chi connectivity index (χ4v) is 2.81. The standard InChI is InChI=1S/C16H13BrN4O2S/c1-10-4-5-12(7-13(10)17)19-14(22)9-24-16-21-20-15(23-16)11-3-2-6-18-8-11/h2-8H,9H2,1H3,(H,19,22). The Bertz CT molecular complexity index is 854. The average molecular weight is 405 g/mol. The molecule has 0 bridgehead atoms. The van der Waals surface area contributed by atoms with Gasteiger partial charge in [-0.15, -0.1) is 10.2 Å². The number of aromatic nitrogens is 3. The Hall–Kier alpha value is -2.19. The minimum absolute atomic E-state index is 0.142. The highest BCUT2D eigenvalue weighted by atomic mass is 79.9. The van der Waals surface area contributed by atoms with E-state index in [1.54, 1.807) is 18.5 Å². The van der Waals surface area contributed by atoms with Gasteiger partial charge in [-0.05, 0) is 36.8 Å².